The lowest BCUT2D eigenvalue weighted by Gasteiger charge is -2.63. The van der Waals surface area contributed by atoms with Gasteiger partial charge in [0.2, 0.25) is 0 Å². The lowest BCUT2D eigenvalue weighted by Crippen LogP contribution is -2.72. The Kier molecular flexibility index (Phi) is 3.84. The maximum Gasteiger partial charge on any atom is 0.191 e. The third kappa shape index (κ3) is 2.38. The topological polar surface area (TPSA) is 58.5 Å². The largest absolute Gasteiger partial charge is 0.377 e. The van der Waals surface area contributed by atoms with Crippen LogP contribution in [0.15, 0.2) is 4.99 Å². The lowest BCUT2D eigenvalue weighted by atomic mass is 9.46. The molecule has 6 heteroatoms. The molecular weight excluding hydrogens is 308 g/mol. The average molecular weight is 334 g/mol. The molecule has 1 aromatic heterocycles. The molecule has 3 aliphatic rings. The molecule has 3 fully saturated rings. The normalized spacial score (nSPS) is 31.4. The minimum absolute atomic E-state index is 0.385. The third-order valence-corrected chi connectivity index (χ3v) is 7.04. The van der Waals surface area contributed by atoms with Crippen LogP contribution in [-0.4, -0.2) is 36.7 Å². The Morgan fingerprint density at radius 3 is 2.87 bits per heavy atom. The van der Waals surface area contributed by atoms with Crippen molar-refractivity contribution < 1.29 is 4.74 Å². The van der Waals surface area contributed by atoms with Gasteiger partial charge in [0, 0.05) is 35.9 Å². The van der Waals surface area contributed by atoms with E-state index in [1.165, 1.54) is 30.6 Å². The van der Waals surface area contributed by atoms with Crippen LogP contribution in [0.1, 0.15) is 41.3 Å². The SMILES string of the molecule is CN=C(NCc1sc(C)nc1C)NC1C2CCOC2C12CCC2. The maximum atomic E-state index is 6.00. The van der Waals surface area contributed by atoms with E-state index in [0.29, 0.717) is 23.5 Å². The molecule has 5 nitrogen and oxygen atoms in total. The highest BCUT2D eigenvalue weighted by atomic mass is 32.1. The fraction of sp³-hybridized carbons (Fsp3) is 0.765. The molecule has 1 aromatic rings. The van der Waals surface area contributed by atoms with E-state index in [-0.39, 0.29) is 0 Å². The second kappa shape index (κ2) is 5.74. The van der Waals surface area contributed by atoms with Gasteiger partial charge in [0.15, 0.2) is 5.96 Å². The van der Waals surface area contributed by atoms with Gasteiger partial charge >= 0.3 is 0 Å². The summed E-state index contributed by atoms with van der Waals surface area (Å²) in [4.78, 5) is 10.2. The molecule has 0 radical (unpaired) electrons. The number of aryl methyl sites for hydroxylation is 2. The predicted molar refractivity (Wildman–Crippen MR) is 92.8 cm³/mol. The van der Waals surface area contributed by atoms with Crippen molar-refractivity contribution in [3.05, 3.63) is 15.6 Å². The minimum Gasteiger partial charge on any atom is -0.377 e. The number of fused-ring (bicyclic) bond motifs is 2. The monoisotopic (exact) mass is 334 g/mol. The zero-order valence-corrected chi connectivity index (χ0v) is 15.0. The van der Waals surface area contributed by atoms with Crippen LogP contribution in [0, 0.1) is 25.2 Å². The van der Waals surface area contributed by atoms with Gasteiger partial charge in [0.25, 0.3) is 0 Å². The van der Waals surface area contributed by atoms with Crippen molar-refractivity contribution in [2.24, 2.45) is 16.3 Å². The van der Waals surface area contributed by atoms with Crippen LogP contribution in [0.5, 0.6) is 0 Å². The standard InChI is InChI=1S/C17H26N4OS/c1-10-13(23-11(2)20-10)9-19-16(18-3)21-14-12-5-8-22-15(12)17(14)6-4-7-17/h12,14-15H,4-9H2,1-3H3,(H2,18,19,21). The number of aliphatic imine (C=N–C) groups is 1. The van der Waals surface area contributed by atoms with Gasteiger partial charge in [-0.25, -0.2) is 4.98 Å². The molecular formula is C17H26N4OS. The zero-order chi connectivity index (χ0) is 16.0. The quantitative estimate of drug-likeness (QED) is 0.658. The van der Waals surface area contributed by atoms with Crippen LogP contribution in [0.3, 0.4) is 0 Å². The summed E-state index contributed by atoms with van der Waals surface area (Å²) in [5, 5.41) is 8.31. The molecule has 2 aliphatic carbocycles. The van der Waals surface area contributed by atoms with E-state index in [2.05, 4.69) is 34.5 Å². The van der Waals surface area contributed by atoms with E-state index in [4.69, 9.17) is 4.74 Å². The Bertz CT molecular complexity index is 622. The van der Waals surface area contributed by atoms with Crippen molar-refractivity contribution in [1.29, 1.82) is 0 Å². The number of nitrogens with zero attached hydrogens (tertiary/aromatic N) is 2. The molecule has 2 saturated carbocycles. The van der Waals surface area contributed by atoms with E-state index < -0.39 is 0 Å². The summed E-state index contributed by atoms with van der Waals surface area (Å²) < 4.78 is 6.00. The van der Waals surface area contributed by atoms with Crippen molar-refractivity contribution in [2.45, 2.75) is 58.2 Å². The molecule has 1 aliphatic heterocycles. The molecule has 0 amide bonds. The first-order chi connectivity index (χ1) is 11.1. The van der Waals surface area contributed by atoms with E-state index in [0.717, 1.165) is 29.8 Å². The number of rotatable bonds is 3. The summed E-state index contributed by atoms with van der Waals surface area (Å²) >= 11 is 1.76. The van der Waals surface area contributed by atoms with Gasteiger partial charge < -0.3 is 15.4 Å². The highest BCUT2D eigenvalue weighted by molar-refractivity contribution is 7.11. The highest BCUT2D eigenvalue weighted by Gasteiger charge is 2.66. The lowest BCUT2D eigenvalue weighted by molar-refractivity contribution is -0.171. The summed E-state index contributed by atoms with van der Waals surface area (Å²) in [6, 6.07) is 0.527. The Morgan fingerprint density at radius 2 is 2.26 bits per heavy atom. The third-order valence-electron chi connectivity index (χ3n) is 5.97. The smallest absolute Gasteiger partial charge is 0.191 e. The predicted octanol–water partition coefficient (Wildman–Crippen LogP) is 2.38. The number of hydrogen-bond acceptors (Lipinski definition) is 4. The Morgan fingerprint density at radius 1 is 1.43 bits per heavy atom. The van der Waals surface area contributed by atoms with E-state index in [1.807, 2.05) is 7.05 Å². The Hall–Kier alpha value is -1.14. The van der Waals surface area contributed by atoms with Crippen LogP contribution in [0.2, 0.25) is 0 Å². The maximum absolute atomic E-state index is 6.00. The number of hydrogen-bond donors (Lipinski definition) is 2. The highest BCUT2D eigenvalue weighted by Crippen LogP contribution is 2.62. The van der Waals surface area contributed by atoms with Gasteiger partial charge in [0.05, 0.1) is 23.4 Å². The van der Waals surface area contributed by atoms with Crippen molar-refractivity contribution in [3.63, 3.8) is 0 Å². The van der Waals surface area contributed by atoms with Crippen molar-refractivity contribution in [1.82, 2.24) is 15.6 Å². The van der Waals surface area contributed by atoms with Crippen molar-refractivity contribution >= 4 is 17.3 Å². The second-order valence-corrected chi connectivity index (χ2v) is 8.41. The molecule has 2 N–H and O–H groups in total. The Balaban J connectivity index is 1.40. The number of ether oxygens (including phenoxy) is 1. The summed E-state index contributed by atoms with van der Waals surface area (Å²) in [7, 11) is 1.86. The van der Waals surface area contributed by atoms with Gasteiger partial charge in [-0.05, 0) is 33.1 Å². The van der Waals surface area contributed by atoms with Gasteiger partial charge in [-0.1, -0.05) is 6.42 Å². The van der Waals surface area contributed by atoms with Crippen LogP contribution in [-0.2, 0) is 11.3 Å². The van der Waals surface area contributed by atoms with Crippen LogP contribution in [0.25, 0.3) is 0 Å². The molecule has 3 unspecified atom stereocenters. The average Bonchev–Trinajstić information content (AvgIpc) is 3.02. The van der Waals surface area contributed by atoms with E-state index >= 15 is 0 Å². The van der Waals surface area contributed by atoms with Gasteiger partial charge in [-0.2, -0.15) is 0 Å². The first-order valence-corrected chi connectivity index (χ1v) is 9.47. The number of aromatic nitrogens is 1. The van der Waals surface area contributed by atoms with Crippen LogP contribution >= 0.6 is 11.3 Å². The molecule has 1 saturated heterocycles. The van der Waals surface area contributed by atoms with E-state index in [1.54, 1.807) is 11.3 Å². The number of thiazole rings is 1. The van der Waals surface area contributed by atoms with Gasteiger partial charge in [0.1, 0.15) is 0 Å². The first kappa shape index (κ1) is 15.4. The first-order valence-electron chi connectivity index (χ1n) is 8.66. The Labute approximate surface area is 141 Å². The molecule has 4 rings (SSSR count). The molecule has 3 atom stereocenters. The molecule has 23 heavy (non-hydrogen) atoms. The van der Waals surface area contributed by atoms with Gasteiger partial charge in [-0.15, -0.1) is 11.3 Å². The molecule has 1 spiro atoms. The summed E-state index contributed by atoms with van der Waals surface area (Å²) in [6.45, 7) is 5.86. The van der Waals surface area contributed by atoms with E-state index in [9.17, 15) is 0 Å². The van der Waals surface area contributed by atoms with Crippen LogP contribution in [0.4, 0.5) is 0 Å². The minimum atomic E-state index is 0.385. The number of nitrogens with one attached hydrogen (secondary N) is 2. The fourth-order valence-electron chi connectivity index (χ4n) is 4.70. The fourth-order valence-corrected chi connectivity index (χ4v) is 5.58. The summed E-state index contributed by atoms with van der Waals surface area (Å²) in [6.07, 6.45) is 5.63. The number of guanidine groups is 1. The summed E-state index contributed by atoms with van der Waals surface area (Å²) in [5.74, 6) is 1.58. The molecule has 2 heterocycles. The van der Waals surface area contributed by atoms with Crippen LogP contribution < -0.4 is 10.6 Å². The second-order valence-electron chi connectivity index (χ2n) is 7.12. The molecule has 0 aromatic carbocycles. The van der Waals surface area contributed by atoms with Crippen molar-refractivity contribution in [2.75, 3.05) is 13.7 Å². The molecule has 0 bridgehead atoms. The van der Waals surface area contributed by atoms with Crippen molar-refractivity contribution in [3.8, 4) is 0 Å². The summed E-state index contributed by atoms with van der Waals surface area (Å²) in [5.41, 5.74) is 1.51. The zero-order valence-electron chi connectivity index (χ0n) is 14.2. The van der Waals surface area contributed by atoms with Gasteiger partial charge in [-0.3, -0.25) is 4.99 Å². The molecule has 126 valence electrons.